The van der Waals surface area contributed by atoms with Crippen LogP contribution in [0.2, 0.25) is 0 Å². The molecule has 0 saturated carbocycles. The number of hydrogen-bond acceptors (Lipinski definition) is 2. The molecule has 3 nitrogen and oxygen atoms in total. The number of rotatable bonds is 5. The van der Waals surface area contributed by atoms with Crippen LogP contribution in [-0.4, -0.2) is 18.2 Å². The van der Waals surface area contributed by atoms with E-state index in [0.717, 1.165) is 11.6 Å². The lowest BCUT2D eigenvalue weighted by Crippen LogP contribution is -2.30. The van der Waals surface area contributed by atoms with E-state index >= 15 is 0 Å². The van der Waals surface area contributed by atoms with Gasteiger partial charge in [0.25, 0.3) is 0 Å². The van der Waals surface area contributed by atoms with Crippen LogP contribution in [0.4, 0.5) is 17.6 Å². The van der Waals surface area contributed by atoms with Gasteiger partial charge in [-0.05, 0) is 35.6 Å². The first-order valence-corrected chi connectivity index (χ1v) is 8.45. The molecule has 0 spiro atoms. The van der Waals surface area contributed by atoms with E-state index in [-0.39, 0.29) is 17.9 Å². The van der Waals surface area contributed by atoms with Crippen LogP contribution < -0.4 is 5.32 Å². The summed E-state index contributed by atoms with van der Waals surface area (Å²) in [6.07, 6.45) is -4.56. The van der Waals surface area contributed by atoms with Gasteiger partial charge in [0.15, 0.2) is 0 Å². The predicted molar refractivity (Wildman–Crippen MR) is 90.2 cm³/mol. The van der Waals surface area contributed by atoms with Crippen molar-refractivity contribution in [1.82, 2.24) is 5.32 Å². The Morgan fingerprint density at radius 1 is 1.07 bits per heavy atom. The third-order valence-corrected chi connectivity index (χ3v) is 4.70. The molecule has 0 aliphatic carbocycles. The zero-order valence-electron chi connectivity index (χ0n) is 14.2. The van der Waals surface area contributed by atoms with Gasteiger partial charge >= 0.3 is 6.18 Å². The molecule has 1 aliphatic rings. The van der Waals surface area contributed by atoms with Crippen molar-refractivity contribution in [3.63, 3.8) is 0 Å². The van der Waals surface area contributed by atoms with E-state index in [0.29, 0.717) is 25.1 Å². The summed E-state index contributed by atoms with van der Waals surface area (Å²) in [5.74, 6) is -3.38. The minimum Gasteiger partial charge on any atom is -0.355 e. The Balaban J connectivity index is 1.74. The maximum atomic E-state index is 13.7. The molecule has 1 fully saturated rings. The summed E-state index contributed by atoms with van der Waals surface area (Å²) in [7, 11) is 0. The third kappa shape index (κ3) is 4.35. The Hall–Kier alpha value is -2.70. The normalized spacial score (nSPS) is 19.8. The lowest BCUT2D eigenvalue weighted by Gasteiger charge is -2.16. The first-order chi connectivity index (χ1) is 12.8. The number of amides is 1. The summed E-state index contributed by atoms with van der Waals surface area (Å²) >= 11 is 0. The molecule has 1 heterocycles. The average molecular weight is 379 g/mol. The van der Waals surface area contributed by atoms with Gasteiger partial charge in [-0.25, -0.2) is 4.39 Å². The van der Waals surface area contributed by atoms with Crippen LogP contribution >= 0.6 is 0 Å². The molecule has 0 aromatic heterocycles. The van der Waals surface area contributed by atoms with Crippen molar-refractivity contribution < 1.29 is 27.2 Å². The van der Waals surface area contributed by atoms with Crippen LogP contribution in [0.3, 0.4) is 0 Å². The fraction of sp³-hybridized carbons (Fsp3) is 0.300. The van der Waals surface area contributed by atoms with Gasteiger partial charge in [0.1, 0.15) is 17.5 Å². The van der Waals surface area contributed by atoms with Gasteiger partial charge in [-0.3, -0.25) is 9.59 Å². The Kier molecular flexibility index (Phi) is 5.30. The smallest absolute Gasteiger partial charge is 0.355 e. The SMILES string of the molecule is O=C(Cc1ccc(C(F)(F)F)c(F)c1)[C@@H]1C(=O)NCC1Cc1ccccc1. The molecule has 2 atom stereocenters. The molecule has 0 bridgehead atoms. The van der Waals surface area contributed by atoms with Crippen LogP contribution in [-0.2, 0) is 28.6 Å². The maximum Gasteiger partial charge on any atom is 0.419 e. The molecule has 7 heteroatoms. The van der Waals surface area contributed by atoms with E-state index in [2.05, 4.69) is 5.32 Å². The number of nitrogens with one attached hydrogen (secondary N) is 1. The zero-order chi connectivity index (χ0) is 19.6. The number of alkyl halides is 3. The van der Waals surface area contributed by atoms with Gasteiger partial charge in [-0.1, -0.05) is 36.4 Å². The second-order valence-corrected chi connectivity index (χ2v) is 6.63. The molecule has 2 aromatic carbocycles. The number of carbonyl (C=O) groups excluding carboxylic acids is 2. The summed E-state index contributed by atoms with van der Waals surface area (Å²) in [4.78, 5) is 24.7. The van der Waals surface area contributed by atoms with E-state index in [1.807, 2.05) is 30.3 Å². The first-order valence-electron chi connectivity index (χ1n) is 8.45. The van der Waals surface area contributed by atoms with Crippen LogP contribution in [0.1, 0.15) is 16.7 Å². The number of benzene rings is 2. The molecule has 1 amide bonds. The standard InChI is InChI=1S/C20H17F4NO2/c21-16-9-13(6-7-15(16)20(22,23)24)10-17(26)18-14(11-25-19(18)27)8-12-4-2-1-3-5-12/h1-7,9,14,18H,8,10-11H2,(H,25,27)/t14?,18-/m1/s1. The van der Waals surface area contributed by atoms with Crippen molar-refractivity contribution in [2.24, 2.45) is 11.8 Å². The summed E-state index contributed by atoms with van der Waals surface area (Å²) in [5, 5.41) is 2.66. The Morgan fingerprint density at radius 2 is 1.78 bits per heavy atom. The van der Waals surface area contributed by atoms with Gasteiger partial charge in [-0.15, -0.1) is 0 Å². The molecule has 1 aliphatic heterocycles. The molecule has 27 heavy (non-hydrogen) atoms. The fourth-order valence-corrected chi connectivity index (χ4v) is 3.40. The minimum atomic E-state index is -4.79. The third-order valence-electron chi connectivity index (χ3n) is 4.70. The molecule has 2 aromatic rings. The number of carbonyl (C=O) groups is 2. The quantitative estimate of drug-likeness (QED) is 0.638. The average Bonchev–Trinajstić information content (AvgIpc) is 2.95. The lowest BCUT2D eigenvalue weighted by molar-refractivity contribution is -0.140. The van der Waals surface area contributed by atoms with Crippen molar-refractivity contribution in [3.05, 3.63) is 71.0 Å². The highest BCUT2D eigenvalue weighted by atomic mass is 19.4. The molecule has 1 unspecified atom stereocenters. The number of ketones is 1. The molecule has 1 N–H and O–H groups in total. The largest absolute Gasteiger partial charge is 0.419 e. The van der Waals surface area contributed by atoms with Gasteiger partial charge in [-0.2, -0.15) is 13.2 Å². The Labute approximate surface area is 153 Å². The summed E-state index contributed by atoms with van der Waals surface area (Å²) in [6, 6.07) is 11.8. The van der Waals surface area contributed by atoms with Crippen LogP contribution in [0.25, 0.3) is 0 Å². The van der Waals surface area contributed by atoms with E-state index < -0.39 is 35.2 Å². The number of halogens is 4. The highest BCUT2D eigenvalue weighted by Gasteiger charge is 2.40. The second kappa shape index (κ2) is 7.50. The van der Waals surface area contributed by atoms with Gasteiger partial charge in [0.2, 0.25) is 5.91 Å². The maximum absolute atomic E-state index is 13.7. The van der Waals surface area contributed by atoms with Crippen LogP contribution in [0.5, 0.6) is 0 Å². The summed E-state index contributed by atoms with van der Waals surface area (Å²) in [5.41, 5.74) is -0.278. The highest BCUT2D eigenvalue weighted by Crippen LogP contribution is 2.32. The van der Waals surface area contributed by atoms with Gasteiger partial charge < -0.3 is 5.32 Å². The van der Waals surface area contributed by atoms with Crippen molar-refractivity contribution in [1.29, 1.82) is 0 Å². The van der Waals surface area contributed by atoms with E-state index in [4.69, 9.17) is 0 Å². The first kappa shape index (κ1) is 19.1. The number of hydrogen-bond donors (Lipinski definition) is 1. The monoisotopic (exact) mass is 379 g/mol. The van der Waals surface area contributed by atoms with Gasteiger partial charge in [0, 0.05) is 13.0 Å². The van der Waals surface area contributed by atoms with Crippen molar-refractivity contribution in [2.45, 2.75) is 19.0 Å². The molecule has 142 valence electrons. The second-order valence-electron chi connectivity index (χ2n) is 6.63. The van der Waals surface area contributed by atoms with Crippen LogP contribution in [0.15, 0.2) is 48.5 Å². The Bertz CT molecular complexity index is 849. The topological polar surface area (TPSA) is 46.2 Å². The predicted octanol–water partition coefficient (Wildman–Crippen LogP) is 3.56. The highest BCUT2D eigenvalue weighted by molar-refractivity contribution is 6.03. The Morgan fingerprint density at radius 3 is 2.41 bits per heavy atom. The molecular weight excluding hydrogens is 362 g/mol. The summed E-state index contributed by atoms with van der Waals surface area (Å²) in [6.45, 7) is 0.353. The number of Topliss-reactive ketones (excluding diaryl/α,β-unsaturated/α-hetero) is 1. The van der Waals surface area contributed by atoms with E-state index in [1.54, 1.807) is 0 Å². The molecule has 3 rings (SSSR count). The molecule has 1 saturated heterocycles. The van der Waals surface area contributed by atoms with E-state index in [1.165, 1.54) is 0 Å². The summed E-state index contributed by atoms with van der Waals surface area (Å²) < 4.78 is 51.6. The van der Waals surface area contributed by atoms with Gasteiger partial charge in [0.05, 0.1) is 5.56 Å². The van der Waals surface area contributed by atoms with Crippen molar-refractivity contribution in [3.8, 4) is 0 Å². The fourth-order valence-electron chi connectivity index (χ4n) is 3.40. The molecular formula is C20H17F4NO2. The zero-order valence-corrected chi connectivity index (χ0v) is 14.2. The lowest BCUT2D eigenvalue weighted by atomic mass is 9.84. The van der Waals surface area contributed by atoms with Crippen LogP contribution in [0, 0.1) is 17.7 Å². The molecule has 0 radical (unpaired) electrons. The van der Waals surface area contributed by atoms with Crippen molar-refractivity contribution >= 4 is 11.7 Å². The minimum absolute atomic E-state index is 0.115. The van der Waals surface area contributed by atoms with E-state index in [9.17, 15) is 27.2 Å². The van der Waals surface area contributed by atoms with Crippen molar-refractivity contribution in [2.75, 3.05) is 6.54 Å².